The third-order valence-corrected chi connectivity index (χ3v) is 4.06. The van der Waals surface area contributed by atoms with E-state index in [0.717, 1.165) is 22.0 Å². The quantitative estimate of drug-likeness (QED) is 0.751. The van der Waals surface area contributed by atoms with Crippen molar-refractivity contribution in [3.63, 3.8) is 0 Å². The van der Waals surface area contributed by atoms with Crippen LogP contribution in [-0.2, 0) is 6.42 Å². The van der Waals surface area contributed by atoms with Crippen LogP contribution >= 0.6 is 23.2 Å². The maximum absolute atomic E-state index is 10.6. The molecule has 1 atom stereocenters. The van der Waals surface area contributed by atoms with Crippen LogP contribution in [0.5, 0.6) is 0 Å². The molecule has 1 unspecified atom stereocenters. The minimum absolute atomic E-state index is 0.410. The van der Waals surface area contributed by atoms with E-state index in [0.29, 0.717) is 16.5 Å². The largest absolute Gasteiger partial charge is 0.388 e. The molecule has 2 nitrogen and oxygen atoms in total. The summed E-state index contributed by atoms with van der Waals surface area (Å²) in [4.78, 5) is 4.30. The highest BCUT2D eigenvalue weighted by Crippen LogP contribution is 2.29. The number of rotatable bonds is 3. The van der Waals surface area contributed by atoms with E-state index in [1.54, 1.807) is 24.4 Å². The van der Waals surface area contributed by atoms with Gasteiger partial charge in [-0.15, -0.1) is 0 Å². The Labute approximate surface area is 133 Å². The van der Waals surface area contributed by atoms with E-state index >= 15 is 0 Å². The van der Waals surface area contributed by atoms with Crippen molar-refractivity contribution in [3.8, 4) is 0 Å². The molecule has 3 aromatic rings. The van der Waals surface area contributed by atoms with Crippen molar-refractivity contribution in [2.75, 3.05) is 0 Å². The minimum atomic E-state index is -0.658. The number of fused-ring (bicyclic) bond motifs is 1. The molecule has 0 aliphatic rings. The van der Waals surface area contributed by atoms with Gasteiger partial charge in [-0.2, -0.15) is 0 Å². The standard InChI is InChI=1S/C17H13Cl2NO/c18-12-6-7-15(19)11(9-12)10-17(21)14-3-1-5-16-13(14)4-2-8-20-16/h1-9,17,21H,10H2. The first kappa shape index (κ1) is 14.3. The van der Waals surface area contributed by atoms with E-state index in [-0.39, 0.29) is 0 Å². The first-order valence-electron chi connectivity index (χ1n) is 6.61. The highest BCUT2D eigenvalue weighted by Gasteiger charge is 2.14. The minimum Gasteiger partial charge on any atom is -0.388 e. The predicted molar refractivity (Wildman–Crippen MR) is 86.9 cm³/mol. The van der Waals surface area contributed by atoms with Gasteiger partial charge in [-0.25, -0.2) is 0 Å². The van der Waals surface area contributed by atoms with Gasteiger partial charge < -0.3 is 5.11 Å². The van der Waals surface area contributed by atoms with Crippen LogP contribution in [-0.4, -0.2) is 10.1 Å². The Hall–Kier alpha value is -1.61. The summed E-state index contributed by atoms with van der Waals surface area (Å²) in [5.74, 6) is 0. The monoisotopic (exact) mass is 317 g/mol. The number of halogens is 2. The summed E-state index contributed by atoms with van der Waals surface area (Å²) in [5.41, 5.74) is 2.54. The zero-order chi connectivity index (χ0) is 14.8. The smallest absolute Gasteiger partial charge is 0.0837 e. The molecule has 0 bridgehead atoms. The SMILES string of the molecule is OC(Cc1cc(Cl)ccc1Cl)c1cccc2ncccc12. The van der Waals surface area contributed by atoms with Gasteiger partial charge in [-0.3, -0.25) is 4.98 Å². The fourth-order valence-corrected chi connectivity index (χ4v) is 2.83. The number of aliphatic hydroxyl groups is 1. The molecule has 1 heterocycles. The zero-order valence-electron chi connectivity index (χ0n) is 11.1. The van der Waals surface area contributed by atoms with E-state index < -0.39 is 6.10 Å². The van der Waals surface area contributed by atoms with Crippen molar-refractivity contribution in [1.29, 1.82) is 0 Å². The summed E-state index contributed by atoms with van der Waals surface area (Å²) in [6, 6.07) is 14.8. The lowest BCUT2D eigenvalue weighted by atomic mass is 9.98. The van der Waals surface area contributed by atoms with Crippen LogP contribution in [0.15, 0.2) is 54.7 Å². The first-order valence-corrected chi connectivity index (χ1v) is 7.36. The summed E-state index contributed by atoms with van der Waals surface area (Å²) < 4.78 is 0. The summed E-state index contributed by atoms with van der Waals surface area (Å²) >= 11 is 12.2. The molecule has 1 N–H and O–H groups in total. The fraction of sp³-hybridized carbons (Fsp3) is 0.118. The van der Waals surface area contributed by atoms with Crippen LogP contribution in [0.1, 0.15) is 17.2 Å². The number of hydrogen-bond donors (Lipinski definition) is 1. The van der Waals surface area contributed by atoms with Gasteiger partial charge in [0.25, 0.3) is 0 Å². The highest BCUT2D eigenvalue weighted by atomic mass is 35.5. The normalized spacial score (nSPS) is 12.5. The topological polar surface area (TPSA) is 33.1 Å². The second-order valence-corrected chi connectivity index (χ2v) is 5.72. The second kappa shape index (κ2) is 6.02. The molecule has 2 aromatic carbocycles. The van der Waals surface area contributed by atoms with Crippen LogP contribution in [0.25, 0.3) is 10.9 Å². The molecule has 1 aromatic heterocycles. The van der Waals surface area contributed by atoms with Gasteiger partial charge >= 0.3 is 0 Å². The fourth-order valence-electron chi connectivity index (χ4n) is 2.44. The second-order valence-electron chi connectivity index (χ2n) is 4.87. The van der Waals surface area contributed by atoms with E-state index in [1.165, 1.54) is 0 Å². The summed E-state index contributed by atoms with van der Waals surface area (Å²) in [6.07, 6.45) is 1.49. The van der Waals surface area contributed by atoms with Gasteiger partial charge in [0.15, 0.2) is 0 Å². The average Bonchev–Trinajstić information content (AvgIpc) is 2.50. The van der Waals surface area contributed by atoms with Gasteiger partial charge in [-0.05, 0) is 41.5 Å². The molecule has 0 amide bonds. The summed E-state index contributed by atoms with van der Waals surface area (Å²) in [5, 5.41) is 12.7. The molecule has 0 saturated heterocycles. The maximum Gasteiger partial charge on any atom is 0.0837 e. The summed E-state index contributed by atoms with van der Waals surface area (Å²) in [6.45, 7) is 0. The van der Waals surface area contributed by atoms with Crippen LogP contribution in [0.3, 0.4) is 0 Å². The van der Waals surface area contributed by atoms with Crippen LogP contribution in [0.4, 0.5) is 0 Å². The van der Waals surface area contributed by atoms with Crippen molar-refractivity contribution < 1.29 is 5.11 Å². The van der Waals surface area contributed by atoms with Gasteiger partial charge in [0.05, 0.1) is 11.6 Å². The van der Waals surface area contributed by atoms with Crippen molar-refractivity contribution in [3.05, 3.63) is 75.9 Å². The Kier molecular flexibility index (Phi) is 4.11. The first-order chi connectivity index (χ1) is 10.1. The van der Waals surface area contributed by atoms with Crippen molar-refractivity contribution in [2.45, 2.75) is 12.5 Å². The molecule has 0 aliphatic heterocycles. The Morgan fingerprint density at radius 2 is 1.90 bits per heavy atom. The van der Waals surface area contributed by atoms with Gasteiger partial charge in [0.2, 0.25) is 0 Å². The molecule has 106 valence electrons. The highest BCUT2D eigenvalue weighted by molar-refractivity contribution is 6.33. The Bertz CT molecular complexity index is 783. The molecule has 0 fully saturated rings. The maximum atomic E-state index is 10.6. The molecular weight excluding hydrogens is 305 g/mol. The average molecular weight is 318 g/mol. The lowest BCUT2D eigenvalue weighted by molar-refractivity contribution is 0.180. The molecular formula is C17H13Cl2NO. The number of nitrogens with zero attached hydrogens (tertiary/aromatic N) is 1. The van der Waals surface area contributed by atoms with Crippen LogP contribution < -0.4 is 0 Å². The van der Waals surface area contributed by atoms with E-state index in [4.69, 9.17) is 23.2 Å². The Balaban J connectivity index is 1.97. The van der Waals surface area contributed by atoms with E-state index in [1.807, 2.05) is 30.3 Å². The molecule has 0 spiro atoms. The van der Waals surface area contributed by atoms with Gasteiger partial charge in [0.1, 0.15) is 0 Å². The third-order valence-electron chi connectivity index (χ3n) is 3.46. The van der Waals surface area contributed by atoms with E-state index in [2.05, 4.69) is 4.98 Å². The lowest BCUT2D eigenvalue weighted by Gasteiger charge is -2.14. The van der Waals surface area contributed by atoms with Crippen LogP contribution in [0, 0.1) is 0 Å². The Morgan fingerprint density at radius 1 is 1.05 bits per heavy atom. The van der Waals surface area contributed by atoms with Crippen molar-refractivity contribution in [2.24, 2.45) is 0 Å². The lowest BCUT2D eigenvalue weighted by Crippen LogP contribution is -2.03. The van der Waals surface area contributed by atoms with Crippen molar-refractivity contribution >= 4 is 34.1 Å². The predicted octanol–water partition coefficient (Wildman–Crippen LogP) is 4.82. The van der Waals surface area contributed by atoms with Gasteiger partial charge in [-0.1, -0.05) is 41.4 Å². The molecule has 21 heavy (non-hydrogen) atoms. The van der Waals surface area contributed by atoms with Crippen LogP contribution in [0.2, 0.25) is 10.0 Å². The molecule has 0 radical (unpaired) electrons. The summed E-state index contributed by atoms with van der Waals surface area (Å²) in [7, 11) is 0. The Morgan fingerprint density at radius 3 is 2.76 bits per heavy atom. The van der Waals surface area contributed by atoms with Crippen molar-refractivity contribution in [1.82, 2.24) is 4.98 Å². The number of benzene rings is 2. The molecule has 3 rings (SSSR count). The number of hydrogen-bond acceptors (Lipinski definition) is 2. The molecule has 0 saturated carbocycles. The number of aliphatic hydroxyl groups excluding tert-OH is 1. The third kappa shape index (κ3) is 3.03. The van der Waals surface area contributed by atoms with Gasteiger partial charge in [0, 0.05) is 28.0 Å². The molecule has 4 heteroatoms. The van der Waals surface area contributed by atoms with E-state index in [9.17, 15) is 5.11 Å². The zero-order valence-corrected chi connectivity index (χ0v) is 12.6. The number of aromatic nitrogens is 1. The number of pyridine rings is 1. The molecule has 0 aliphatic carbocycles.